The molecule has 1 aromatic carbocycles. The number of nitrogens with one attached hydrogen (secondary N) is 1. The highest BCUT2D eigenvalue weighted by Crippen LogP contribution is 2.23. The van der Waals surface area contributed by atoms with Crippen molar-refractivity contribution in [3.05, 3.63) is 34.9 Å². The molecule has 0 heterocycles. The van der Waals surface area contributed by atoms with E-state index < -0.39 is 0 Å². The summed E-state index contributed by atoms with van der Waals surface area (Å²) in [6.45, 7) is 4.32. The summed E-state index contributed by atoms with van der Waals surface area (Å²) in [6, 6.07) is 8.12. The van der Waals surface area contributed by atoms with E-state index in [4.69, 9.17) is 11.6 Å². The minimum Gasteiger partial charge on any atom is -0.315 e. The third-order valence-corrected chi connectivity index (χ3v) is 4.15. The van der Waals surface area contributed by atoms with Gasteiger partial charge in [-0.1, -0.05) is 36.6 Å². The van der Waals surface area contributed by atoms with E-state index in [1.807, 2.05) is 18.2 Å². The van der Waals surface area contributed by atoms with E-state index in [0.29, 0.717) is 0 Å². The normalized spacial score (nSPS) is 16.4. The lowest BCUT2D eigenvalue weighted by Crippen LogP contribution is -2.31. The Kier molecular flexibility index (Phi) is 6.15. The van der Waals surface area contributed by atoms with Crippen molar-refractivity contribution in [3.63, 3.8) is 0 Å². The Morgan fingerprint density at radius 3 is 2.84 bits per heavy atom. The molecule has 1 aliphatic rings. The van der Waals surface area contributed by atoms with Gasteiger partial charge in [0.25, 0.3) is 0 Å². The average molecular weight is 281 g/mol. The molecule has 3 heteroatoms. The van der Waals surface area contributed by atoms with Crippen LogP contribution in [0.3, 0.4) is 0 Å². The average Bonchev–Trinajstić information content (AvgIpc) is 2.88. The molecule has 0 amide bonds. The number of rotatable bonds is 7. The van der Waals surface area contributed by atoms with Gasteiger partial charge in [0.2, 0.25) is 0 Å². The monoisotopic (exact) mass is 280 g/mol. The van der Waals surface area contributed by atoms with Crippen molar-refractivity contribution in [1.29, 1.82) is 0 Å². The highest BCUT2D eigenvalue weighted by Gasteiger charge is 2.13. The Hall–Kier alpha value is -0.570. The van der Waals surface area contributed by atoms with E-state index in [0.717, 1.165) is 30.6 Å². The first-order valence-electron chi connectivity index (χ1n) is 7.38. The predicted octanol–water partition coefficient (Wildman–Crippen LogP) is 3.55. The third kappa shape index (κ3) is 5.52. The molecule has 19 heavy (non-hydrogen) atoms. The maximum absolute atomic E-state index is 6.00. The summed E-state index contributed by atoms with van der Waals surface area (Å²) in [5, 5.41) is 4.41. The third-order valence-electron chi connectivity index (χ3n) is 3.92. The number of likely N-dealkylation sites (N-methyl/N-ethyl adjacent to an activating group) is 1. The van der Waals surface area contributed by atoms with Gasteiger partial charge < -0.3 is 10.2 Å². The molecule has 1 aliphatic carbocycles. The lowest BCUT2D eigenvalue weighted by Gasteiger charge is -2.18. The molecule has 0 atom stereocenters. The van der Waals surface area contributed by atoms with Crippen molar-refractivity contribution in [1.82, 2.24) is 10.2 Å². The van der Waals surface area contributed by atoms with Crippen molar-refractivity contribution in [2.75, 3.05) is 26.7 Å². The fourth-order valence-corrected chi connectivity index (χ4v) is 3.03. The lowest BCUT2D eigenvalue weighted by atomic mass is 10.1. The number of benzene rings is 1. The van der Waals surface area contributed by atoms with Crippen LogP contribution in [-0.2, 0) is 6.54 Å². The Labute approximate surface area is 122 Å². The van der Waals surface area contributed by atoms with Crippen LogP contribution in [0.15, 0.2) is 24.3 Å². The maximum Gasteiger partial charge on any atom is 0.0409 e. The second kappa shape index (κ2) is 7.88. The zero-order valence-corrected chi connectivity index (χ0v) is 12.6. The van der Waals surface area contributed by atoms with Gasteiger partial charge in [0.1, 0.15) is 0 Å². The molecular formula is C16H25ClN2. The van der Waals surface area contributed by atoms with Crippen molar-refractivity contribution in [3.8, 4) is 0 Å². The fraction of sp³-hybridized carbons (Fsp3) is 0.625. The van der Waals surface area contributed by atoms with E-state index in [1.165, 1.54) is 37.8 Å². The zero-order valence-electron chi connectivity index (χ0n) is 11.9. The molecule has 0 radical (unpaired) electrons. The Bertz CT molecular complexity index is 375. The first-order valence-corrected chi connectivity index (χ1v) is 7.75. The SMILES string of the molecule is CN(CCNCC1CCCC1)Cc1cccc(Cl)c1. The highest BCUT2D eigenvalue weighted by atomic mass is 35.5. The van der Waals surface area contributed by atoms with E-state index in [1.54, 1.807) is 0 Å². The van der Waals surface area contributed by atoms with E-state index >= 15 is 0 Å². The van der Waals surface area contributed by atoms with E-state index in [-0.39, 0.29) is 0 Å². The van der Waals surface area contributed by atoms with E-state index in [9.17, 15) is 0 Å². The summed E-state index contributed by atoms with van der Waals surface area (Å²) in [4.78, 5) is 2.34. The van der Waals surface area contributed by atoms with Gasteiger partial charge in [0, 0.05) is 24.7 Å². The van der Waals surface area contributed by atoms with Crippen LogP contribution >= 0.6 is 11.6 Å². The van der Waals surface area contributed by atoms with Crippen LogP contribution in [-0.4, -0.2) is 31.6 Å². The van der Waals surface area contributed by atoms with Crippen molar-refractivity contribution in [2.45, 2.75) is 32.2 Å². The van der Waals surface area contributed by atoms with Gasteiger partial charge in [-0.2, -0.15) is 0 Å². The van der Waals surface area contributed by atoms with Gasteiger partial charge in [-0.25, -0.2) is 0 Å². The second-order valence-corrected chi connectivity index (χ2v) is 6.16. The van der Waals surface area contributed by atoms with Gasteiger partial charge in [-0.05, 0) is 50.0 Å². The minimum absolute atomic E-state index is 0.824. The van der Waals surface area contributed by atoms with Crippen LogP contribution in [0.1, 0.15) is 31.2 Å². The first-order chi connectivity index (χ1) is 9.24. The summed E-state index contributed by atoms with van der Waals surface area (Å²) in [6.07, 6.45) is 5.71. The molecule has 0 bridgehead atoms. The molecule has 0 saturated heterocycles. The van der Waals surface area contributed by atoms with Crippen LogP contribution in [0.4, 0.5) is 0 Å². The highest BCUT2D eigenvalue weighted by molar-refractivity contribution is 6.30. The standard InChI is InChI=1S/C16H25ClN2/c1-19(13-15-7-4-8-16(17)11-15)10-9-18-12-14-5-2-3-6-14/h4,7-8,11,14,18H,2-3,5-6,9-10,12-13H2,1H3. The van der Waals surface area contributed by atoms with Crippen molar-refractivity contribution in [2.24, 2.45) is 5.92 Å². The first kappa shape index (κ1) is 14.8. The molecule has 1 fully saturated rings. The molecule has 0 unspecified atom stereocenters. The molecule has 106 valence electrons. The minimum atomic E-state index is 0.824. The summed E-state index contributed by atoms with van der Waals surface area (Å²) in [5.74, 6) is 0.929. The maximum atomic E-state index is 6.00. The second-order valence-electron chi connectivity index (χ2n) is 5.72. The smallest absolute Gasteiger partial charge is 0.0409 e. The van der Waals surface area contributed by atoms with Gasteiger partial charge in [-0.3, -0.25) is 0 Å². The lowest BCUT2D eigenvalue weighted by molar-refractivity contribution is 0.319. The molecule has 0 aliphatic heterocycles. The van der Waals surface area contributed by atoms with Crippen LogP contribution in [0.5, 0.6) is 0 Å². The molecule has 1 aromatic rings. The largest absolute Gasteiger partial charge is 0.315 e. The predicted molar refractivity (Wildman–Crippen MR) is 82.6 cm³/mol. The quantitative estimate of drug-likeness (QED) is 0.769. The molecular weight excluding hydrogens is 256 g/mol. The van der Waals surface area contributed by atoms with Gasteiger partial charge >= 0.3 is 0 Å². The summed E-state index contributed by atoms with van der Waals surface area (Å²) in [5.41, 5.74) is 1.28. The van der Waals surface area contributed by atoms with Crippen LogP contribution in [0, 0.1) is 5.92 Å². The number of nitrogens with zero attached hydrogens (tertiary/aromatic N) is 1. The van der Waals surface area contributed by atoms with Gasteiger partial charge in [0.05, 0.1) is 0 Å². The van der Waals surface area contributed by atoms with Crippen LogP contribution in [0.25, 0.3) is 0 Å². The molecule has 1 saturated carbocycles. The van der Waals surface area contributed by atoms with Gasteiger partial charge in [0.15, 0.2) is 0 Å². The summed E-state index contributed by atoms with van der Waals surface area (Å²) >= 11 is 6.00. The topological polar surface area (TPSA) is 15.3 Å². The summed E-state index contributed by atoms with van der Waals surface area (Å²) in [7, 11) is 2.16. The molecule has 1 N–H and O–H groups in total. The number of hydrogen-bond donors (Lipinski definition) is 1. The Morgan fingerprint density at radius 1 is 1.32 bits per heavy atom. The molecule has 0 aromatic heterocycles. The van der Waals surface area contributed by atoms with Crippen LogP contribution in [0.2, 0.25) is 5.02 Å². The van der Waals surface area contributed by atoms with Crippen molar-refractivity contribution < 1.29 is 0 Å². The number of halogens is 1. The van der Waals surface area contributed by atoms with Gasteiger partial charge in [-0.15, -0.1) is 0 Å². The molecule has 2 nitrogen and oxygen atoms in total. The Balaban J connectivity index is 1.60. The zero-order chi connectivity index (χ0) is 13.5. The Morgan fingerprint density at radius 2 is 2.11 bits per heavy atom. The molecule has 2 rings (SSSR count). The van der Waals surface area contributed by atoms with Crippen LogP contribution < -0.4 is 5.32 Å². The van der Waals surface area contributed by atoms with E-state index in [2.05, 4.69) is 23.3 Å². The molecule has 0 spiro atoms. The fourth-order valence-electron chi connectivity index (χ4n) is 2.82. The summed E-state index contributed by atoms with van der Waals surface area (Å²) < 4.78 is 0. The number of hydrogen-bond acceptors (Lipinski definition) is 2. The van der Waals surface area contributed by atoms with Crippen molar-refractivity contribution >= 4 is 11.6 Å².